The summed E-state index contributed by atoms with van der Waals surface area (Å²) in [6, 6.07) is 3.60. The van der Waals surface area contributed by atoms with Crippen LogP contribution in [-0.4, -0.2) is 115 Å². The number of ether oxygens (including phenoxy) is 1. The van der Waals surface area contributed by atoms with Crippen LogP contribution in [-0.2, 0) is 16.1 Å². The summed E-state index contributed by atoms with van der Waals surface area (Å²) < 4.78 is 6.82. The first kappa shape index (κ1) is 61.1. The number of hydrogen-bond donors (Lipinski definition) is 4. The van der Waals surface area contributed by atoms with Crippen LogP contribution < -0.4 is 11.2 Å². The van der Waals surface area contributed by atoms with Crippen molar-refractivity contribution in [1.29, 1.82) is 0 Å². The number of unbranched alkanes of at least 4 members (excludes halogenated alkanes) is 24. The van der Waals surface area contributed by atoms with Crippen molar-refractivity contribution >= 4 is 17.0 Å². The van der Waals surface area contributed by atoms with Gasteiger partial charge < -0.3 is 34.4 Å². The highest BCUT2D eigenvalue weighted by Crippen LogP contribution is 2.25. The Morgan fingerprint density at radius 3 is 1.43 bits per heavy atom. The van der Waals surface area contributed by atoms with Gasteiger partial charge in [-0.25, -0.2) is 9.78 Å². The summed E-state index contributed by atoms with van der Waals surface area (Å²) in [5, 5.41) is 32.8. The first-order valence-electron chi connectivity index (χ1n) is 28.5. The van der Waals surface area contributed by atoms with Gasteiger partial charge in [0, 0.05) is 6.42 Å². The Kier molecular flexibility index (Phi) is 32.7. The van der Waals surface area contributed by atoms with Crippen molar-refractivity contribution in [3.63, 3.8) is 0 Å². The lowest BCUT2D eigenvalue weighted by Gasteiger charge is -2.25. The smallest absolute Gasteiger partial charge is 0.349 e. The molecule has 4 N–H and O–H groups in total. The number of benzene rings is 1. The highest BCUT2D eigenvalue weighted by molar-refractivity contribution is 5.81. The van der Waals surface area contributed by atoms with Crippen molar-refractivity contribution < 1.29 is 24.9 Å². The zero-order valence-electron chi connectivity index (χ0n) is 45.0. The molecule has 3 rings (SSSR count). The largest absolute Gasteiger partial charge is 0.463 e. The topological polar surface area (TPSA) is 174 Å². The third kappa shape index (κ3) is 24.9. The Labute approximate surface area is 423 Å². The van der Waals surface area contributed by atoms with E-state index in [0.717, 1.165) is 43.6 Å². The normalized spacial score (nSPS) is 13.3. The minimum atomic E-state index is -1.70. The predicted octanol–water partition coefficient (Wildman–Crippen LogP) is 11.2. The number of rotatable bonds is 44. The zero-order chi connectivity index (χ0) is 50.8. The Morgan fingerprint density at radius 1 is 0.571 bits per heavy atom. The molecule has 400 valence electrons. The fourth-order valence-electron chi connectivity index (χ4n) is 9.67. The first-order valence-corrected chi connectivity index (χ1v) is 28.5. The first-order chi connectivity index (χ1) is 34.0. The number of aromatic nitrogens is 4. The summed E-state index contributed by atoms with van der Waals surface area (Å²) in [7, 11) is 0. The molecule has 0 saturated heterocycles. The van der Waals surface area contributed by atoms with Crippen LogP contribution in [0.5, 0.6) is 0 Å². The van der Waals surface area contributed by atoms with E-state index in [2.05, 4.69) is 45.5 Å². The van der Waals surface area contributed by atoms with Crippen molar-refractivity contribution in [2.75, 3.05) is 45.9 Å². The molecule has 2 heterocycles. The number of H-pyrrole nitrogens is 1. The molecule has 2 aliphatic heterocycles. The molecule has 0 bridgehead atoms. The van der Waals surface area contributed by atoms with E-state index in [4.69, 9.17) is 4.74 Å². The van der Waals surface area contributed by atoms with Crippen molar-refractivity contribution in [2.45, 2.75) is 252 Å². The third-order valence-corrected chi connectivity index (χ3v) is 14.3. The fourth-order valence-corrected chi connectivity index (χ4v) is 9.67. The molecule has 0 fully saturated rings. The monoisotopic (exact) mass is 981 g/mol. The van der Waals surface area contributed by atoms with Crippen LogP contribution in [0.25, 0.3) is 22.6 Å². The predicted molar refractivity (Wildman–Crippen MR) is 288 cm³/mol. The van der Waals surface area contributed by atoms with Crippen LogP contribution >= 0.6 is 0 Å². The van der Waals surface area contributed by atoms with Gasteiger partial charge >= 0.3 is 11.7 Å². The maximum absolute atomic E-state index is 12.8. The Hall–Kier alpha value is -3.23. The van der Waals surface area contributed by atoms with Crippen LogP contribution in [0.1, 0.15) is 225 Å². The fraction of sp³-hybridized carbons (Fsp3) is 0.807. The van der Waals surface area contributed by atoms with E-state index in [-0.39, 0.29) is 24.5 Å². The summed E-state index contributed by atoms with van der Waals surface area (Å²) in [5.41, 5.74) is 1.10. The highest BCUT2D eigenvalue weighted by Gasteiger charge is 2.29. The SMILES string of the molecule is CCCCCCCCCCN(CCCCCCCCCC)CCCCN(CCCCCCCCCC)CCCCCC(=O)OC[C@H](O)[C@H](O)[C@H](O)Cn1c2nc(=O)[nH]c(=O)c-2nc2cc(C)c(C)cc21. The molecular formula is C57H100N6O7. The molecule has 0 spiro atoms. The number of hydrogen-bond acceptors (Lipinski definition) is 11. The number of carbonyl (C=O) groups is 1. The van der Waals surface area contributed by atoms with Gasteiger partial charge in [-0.05, 0) is 121 Å². The quantitative estimate of drug-likeness (QED) is 0.0241. The summed E-state index contributed by atoms with van der Waals surface area (Å²) >= 11 is 0. The molecule has 13 heteroatoms. The van der Waals surface area contributed by atoms with Crippen LogP contribution in [0.3, 0.4) is 0 Å². The second-order valence-corrected chi connectivity index (χ2v) is 20.6. The molecular weight excluding hydrogens is 881 g/mol. The molecule has 0 amide bonds. The highest BCUT2D eigenvalue weighted by atomic mass is 16.5. The van der Waals surface area contributed by atoms with Gasteiger partial charge in [0.2, 0.25) is 0 Å². The Bertz CT molecular complexity index is 1880. The van der Waals surface area contributed by atoms with Gasteiger partial charge in [0.05, 0.1) is 17.6 Å². The molecule has 13 nitrogen and oxygen atoms in total. The molecule has 2 aliphatic rings. The second kappa shape index (κ2) is 37.5. The van der Waals surface area contributed by atoms with Crippen molar-refractivity contribution in [2.24, 2.45) is 0 Å². The summed E-state index contributed by atoms with van der Waals surface area (Å²) in [6.45, 7) is 16.8. The van der Waals surface area contributed by atoms with Gasteiger partial charge in [0.25, 0.3) is 5.56 Å². The Morgan fingerprint density at radius 2 is 0.971 bits per heavy atom. The molecule has 1 aromatic carbocycles. The average molecular weight is 981 g/mol. The number of esters is 1. The summed E-state index contributed by atoms with van der Waals surface area (Å²) in [6.07, 6.45) is 32.8. The molecule has 0 radical (unpaired) electrons. The van der Waals surface area contributed by atoms with E-state index in [1.807, 2.05) is 19.9 Å². The van der Waals surface area contributed by atoms with E-state index in [0.29, 0.717) is 17.5 Å². The van der Waals surface area contributed by atoms with Crippen LogP contribution in [0.2, 0.25) is 0 Å². The maximum atomic E-state index is 12.8. The van der Waals surface area contributed by atoms with Gasteiger partial charge in [-0.1, -0.05) is 162 Å². The summed E-state index contributed by atoms with van der Waals surface area (Å²) in [5.74, 6) is -0.513. The van der Waals surface area contributed by atoms with E-state index < -0.39 is 42.1 Å². The lowest BCUT2D eigenvalue weighted by Crippen LogP contribution is -2.43. The lowest BCUT2D eigenvalue weighted by molar-refractivity contribution is -0.152. The number of aromatic amines is 1. The van der Waals surface area contributed by atoms with E-state index >= 15 is 0 Å². The lowest BCUT2D eigenvalue weighted by atomic mass is 10.1. The van der Waals surface area contributed by atoms with Crippen LogP contribution in [0.15, 0.2) is 21.7 Å². The number of carbonyl (C=O) groups excluding carboxylic acids is 1. The van der Waals surface area contributed by atoms with Crippen molar-refractivity contribution in [3.05, 3.63) is 44.1 Å². The number of nitrogens with one attached hydrogen (secondary N) is 1. The molecule has 0 saturated carbocycles. The average Bonchev–Trinajstić information content (AvgIpc) is 3.34. The number of nitrogens with zero attached hydrogens (tertiary/aromatic N) is 5. The van der Waals surface area contributed by atoms with Crippen LogP contribution in [0.4, 0.5) is 0 Å². The number of aryl methyl sites for hydroxylation is 2. The number of aliphatic hydroxyl groups is 3. The summed E-state index contributed by atoms with van der Waals surface area (Å²) in [4.78, 5) is 53.6. The standard InChI is InChI=1S/C57H100N6O7/c1-6-9-12-15-18-21-24-29-36-61(37-30-25-22-19-16-13-10-7-2)40-33-34-41-62(38-31-26-23-20-17-14-11-8-3)39-32-27-28-35-52(66)70-45-51(65)54(67)50(64)44-63-49-43-47(5)46(4)42-48(49)58-53-55(63)59-57(69)60-56(53)68/h42-43,50-51,54,64-65,67H,6-41,44-45H2,1-5H3,(H,60,68,69)/t50-,51+,54-/m1/s1. The molecule has 0 aromatic heterocycles. The molecule has 3 atom stereocenters. The molecule has 1 aromatic rings. The minimum Gasteiger partial charge on any atom is -0.463 e. The number of fused-ring (bicyclic) bond motifs is 2. The molecule has 0 unspecified atom stereocenters. The van der Waals surface area contributed by atoms with Crippen molar-refractivity contribution in [1.82, 2.24) is 29.3 Å². The van der Waals surface area contributed by atoms with Gasteiger partial charge in [-0.2, -0.15) is 4.98 Å². The van der Waals surface area contributed by atoms with Gasteiger partial charge in [-0.15, -0.1) is 0 Å². The zero-order valence-corrected chi connectivity index (χ0v) is 45.0. The van der Waals surface area contributed by atoms with Gasteiger partial charge in [-0.3, -0.25) is 14.6 Å². The third-order valence-electron chi connectivity index (χ3n) is 14.3. The molecule has 0 aliphatic carbocycles. The molecule has 70 heavy (non-hydrogen) atoms. The van der Waals surface area contributed by atoms with E-state index in [1.165, 1.54) is 191 Å². The van der Waals surface area contributed by atoms with E-state index in [9.17, 15) is 29.7 Å². The second-order valence-electron chi connectivity index (χ2n) is 20.6. The number of aliphatic hydroxyl groups excluding tert-OH is 3. The van der Waals surface area contributed by atoms with Crippen LogP contribution in [0, 0.1) is 13.8 Å². The van der Waals surface area contributed by atoms with Crippen molar-refractivity contribution in [3.8, 4) is 11.5 Å². The van der Waals surface area contributed by atoms with Gasteiger partial charge in [0.1, 0.15) is 24.9 Å². The van der Waals surface area contributed by atoms with E-state index in [1.54, 1.807) is 6.07 Å². The maximum Gasteiger partial charge on any atom is 0.349 e. The Balaban J connectivity index is 1.45. The minimum absolute atomic E-state index is 0.0523. The van der Waals surface area contributed by atoms with Gasteiger partial charge in [0.15, 0.2) is 11.5 Å².